The highest BCUT2D eigenvalue weighted by molar-refractivity contribution is 7.18. The molecule has 2 aromatic rings. The van der Waals surface area contributed by atoms with E-state index in [0.29, 0.717) is 5.39 Å². The lowest BCUT2D eigenvalue weighted by molar-refractivity contribution is -0.120. The molecule has 8 heteroatoms. The molecule has 2 N–H and O–H groups in total. The lowest BCUT2D eigenvalue weighted by Crippen LogP contribution is -2.42. The number of nitrogens with one attached hydrogen (secondary N) is 2. The molecular formula is C15H16N4O3S. The fourth-order valence-corrected chi connectivity index (χ4v) is 4.12. The van der Waals surface area contributed by atoms with Crippen molar-refractivity contribution in [1.82, 2.24) is 20.2 Å². The number of hydrogen-bond acceptors (Lipinski definition) is 5. The molecule has 2 heterocycles. The fourth-order valence-electron chi connectivity index (χ4n) is 2.90. The Labute approximate surface area is 135 Å². The van der Waals surface area contributed by atoms with Gasteiger partial charge in [-0.25, -0.2) is 9.78 Å². The molecule has 1 fully saturated rings. The van der Waals surface area contributed by atoms with Crippen molar-refractivity contribution in [2.75, 3.05) is 0 Å². The van der Waals surface area contributed by atoms with Gasteiger partial charge in [0.1, 0.15) is 11.4 Å². The summed E-state index contributed by atoms with van der Waals surface area (Å²) in [5, 5.41) is 5.56. The summed E-state index contributed by atoms with van der Waals surface area (Å²) >= 11 is 1.56. The number of carbonyl (C=O) groups excluding carboxylic acids is 2. The topological polar surface area (TPSA) is 93.1 Å². The second kappa shape index (κ2) is 5.45. The Balaban J connectivity index is 1.54. The van der Waals surface area contributed by atoms with Gasteiger partial charge in [-0.1, -0.05) is 0 Å². The fraction of sp³-hybridized carbons (Fsp3) is 0.467. The maximum Gasteiger partial charge on any atom is 0.321 e. The van der Waals surface area contributed by atoms with Crippen LogP contribution in [0.2, 0.25) is 0 Å². The summed E-state index contributed by atoms with van der Waals surface area (Å²) in [6.45, 7) is -0.204. The number of carbonyl (C=O) groups is 2. The normalized spacial score (nSPS) is 16.3. The van der Waals surface area contributed by atoms with Crippen LogP contribution < -0.4 is 16.2 Å². The maximum absolute atomic E-state index is 12.6. The van der Waals surface area contributed by atoms with Crippen LogP contribution in [0, 0.1) is 0 Å². The molecule has 3 amide bonds. The third kappa shape index (κ3) is 2.74. The van der Waals surface area contributed by atoms with E-state index >= 15 is 0 Å². The smallest absolute Gasteiger partial charge is 0.321 e. The van der Waals surface area contributed by atoms with Gasteiger partial charge < -0.3 is 5.32 Å². The molecule has 1 saturated carbocycles. The summed E-state index contributed by atoms with van der Waals surface area (Å²) in [5.74, 6) is -0.515. The van der Waals surface area contributed by atoms with Crippen molar-refractivity contribution in [2.45, 2.75) is 44.7 Å². The first-order valence-corrected chi connectivity index (χ1v) is 8.53. The van der Waals surface area contributed by atoms with Gasteiger partial charge in [0.25, 0.3) is 5.56 Å². The molecule has 120 valence electrons. The van der Waals surface area contributed by atoms with Crippen LogP contribution in [0.5, 0.6) is 0 Å². The van der Waals surface area contributed by atoms with E-state index in [2.05, 4.69) is 15.6 Å². The van der Waals surface area contributed by atoms with Gasteiger partial charge in [0.15, 0.2) is 0 Å². The third-order valence-corrected chi connectivity index (χ3v) is 5.37. The van der Waals surface area contributed by atoms with Gasteiger partial charge in [-0.05, 0) is 37.7 Å². The lowest BCUT2D eigenvalue weighted by atomic mass is 10.2. The van der Waals surface area contributed by atoms with Crippen molar-refractivity contribution in [3.8, 4) is 0 Å². The molecule has 7 nitrogen and oxygen atoms in total. The van der Waals surface area contributed by atoms with Crippen LogP contribution in [0.15, 0.2) is 11.1 Å². The van der Waals surface area contributed by atoms with E-state index in [1.807, 2.05) is 0 Å². The van der Waals surface area contributed by atoms with Crippen LogP contribution in [-0.4, -0.2) is 27.5 Å². The number of fused-ring (bicyclic) bond motifs is 3. The van der Waals surface area contributed by atoms with E-state index in [9.17, 15) is 14.4 Å². The Morgan fingerprint density at radius 1 is 1.35 bits per heavy atom. The van der Waals surface area contributed by atoms with Crippen molar-refractivity contribution >= 4 is 33.5 Å². The molecule has 0 bridgehead atoms. The zero-order chi connectivity index (χ0) is 16.0. The summed E-state index contributed by atoms with van der Waals surface area (Å²) in [7, 11) is 0. The van der Waals surface area contributed by atoms with Gasteiger partial charge in [0.05, 0.1) is 11.7 Å². The number of imide groups is 1. The van der Waals surface area contributed by atoms with Gasteiger partial charge in [-0.15, -0.1) is 11.3 Å². The molecule has 0 aliphatic heterocycles. The standard InChI is InChI=1S/C15H16N4O3S/c20-11(18-15(22)17-8-4-5-8)6-19-7-16-13-12(14(19)21)9-2-1-3-10(9)23-13/h7-8H,1-6H2,(H2,17,18,20,22). The molecule has 2 aliphatic carbocycles. The molecule has 2 aromatic heterocycles. The minimum absolute atomic E-state index is 0.178. The summed E-state index contributed by atoms with van der Waals surface area (Å²) < 4.78 is 1.27. The van der Waals surface area contributed by atoms with E-state index < -0.39 is 11.9 Å². The van der Waals surface area contributed by atoms with Crippen molar-refractivity contribution in [3.63, 3.8) is 0 Å². The third-order valence-electron chi connectivity index (χ3n) is 4.17. The number of nitrogens with zero attached hydrogens (tertiary/aromatic N) is 2. The zero-order valence-corrected chi connectivity index (χ0v) is 13.2. The highest BCUT2D eigenvalue weighted by Gasteiger charge is 2.24. The highest BCUT2D eigenvalue weighted by Crippen LogP contribution is 2.34. The Hall–Kier alpha value is -2.22. The van der Waals surface area contributed by atoms with E-state index in [1.54, 1.807) is 11.3 Å². The number of thiophene rings is 1. The van der Waals surface area contributed by atoms with E-state index in [0.717, 1.165) is 42.5 Å². The summed E-state index contributed by atoms with van der Waals surface area (Å²) in [5.41, 5.74) is 0.885. The quantitative estimate of drug-likeness (QED) is 0.874. The second-order valence-electron chi connectivity index (χ2n) is 6.01. The van der Waals surface area contributed by atoms with E-state index in [1.165, 1.54) is 15.8 Å². The monoisotopic (exact) mass is 332 g/mol. The molecule has 0 saturated heterocycles. The van der Waals surface area contributed by atoms with Crippen LogP contribution in [0.4, 0.5) is 4.79 Å². The van der Waals surface area contributed by atoms with Gasteiger partial charge in [-0.3, -0.25) is 19.5 Å². The van der Waals surface area contributed by atoms with Crippen LogP contribution in [-0.2, 0) is 24.2 Å². The number of aromatic nitrogens is 2. The van der Waals surface area contributed by atoms with Crippen molar-refractivity contribution in [1.29, 1.82) is 0 Å². The average molecular weight is 332 g/mol. The molecule has 0 spiro atoms. The minimum atomic E-state index is -0.515. The van der Waals surface area contributed by atoms with Crippen LogP contribution in [0.25, 0.3) is 10.2 Å². The van der Waals surface area contributed by atoms with Gasteiger partial charge in [-0.2, -0.15) is 0 Å². The number of rotatable bonds is 3. The molecule has 4 rings (SSSR count). The molecule has 0 unspecified atom stereocenters. The predicted molar refractivity (Wildman–Crippen MR) is 85.6 cm³/mol. The number of hydrogen-bond donors (Lipinski definition) is 2. The zero-order valence-electron chi connectivity index (χ0n) is 12.4. The predicted octanol–water partition coefficient (Wildman–Crippen LogP) is 0.935. The van der Waals surface area contributed by atoms with Crippen LogP contribution in [0.3, 0.4) is 0 Å². The summed E-state index contributed by atoms with van der Waals surface area (Å²) in [6, 6.07) is -0.326. The largest absolute Gasteiger partial charge is 0.335 e. The Morgan fingerprint density at radius 2 is 2.17 bits per heavy atom. The second-order valence-corrected chi connectivity index (χ2v) is 7.09. The van der Waals surface area contributed by atoms with Crippen LogP contribution >= 0.6 is 11.3 Å². The first-order chi connectivity index (χ1) is 11.1. The number of amides is 3. The highest BCUT2D eigenvalue weighted by atomic mass is 32.1. The lowest BCUT2D eigenvalue weighted by Gasteiger charge is -2.07. The molecule has 2 aliphatic rings. The first kappa shape index (κ1) is 14.4. The van der Waals surface area contributed by atoms with Gasteiger partial charge in [0.2, 0.25) is 5.91 Å². The van der Waals surface area contributed by atoms with Crippen molar-refractivity contribution in [2.24, 2.45) is 0 Å². The molecular weight excluding hydrogens is 316 g/mol. The SMILES string of the molecule is O=C(Cn1cnc2sc3c(c2c1=O)CCC3)NC(=O)NC1CC1. The Morgan fingerprint density at radius 3 is 2.96 bits per heavy atom. The summed E-state index contributed by atoms with van der Waals surface area (Å²) in [4.78, 5) is 42.4. The van der Waals surface area contributed by atoms with Crippen LogP contribution in [0.1, 0.15) is 29.7 Å². The average Bonchev–Trinajstić information content (AvgIpc) is 3.06. The van der Waals surface area contributed by atoms with Crippen molar-refractivity contribution in [3.05, 3.63) is 27.1 Å². The first-order valence-electron chi connectivity index (χ1n) is 7.72. The number of urea groups is 1. The Bertz CT molecular complexity index is 865. The maximum atomic E-state index is 12.6. The number of aryl methyl sites for hydroxylation is 2. The molecule has 0 radical (unpaired) electrons. The van der Waals surface area contributed by atoms with Gasteiger partial charge >= 0.3 is 6.03 Å². The minimum Gasteiger partial charge on any atom is -0.335 e. The molecule has 0 atom stereocenters. The van der Waals surface area contributed by atoms with Crippen molar-refractivity contribution < 1.29 is 9.59 Å². The molecule has 23 heavy (non-hydrogen) atoms. The summed E-state index contributed by atoms with van der Waals surface area (Å²) in [6.07, 6.45) is 6.24. The molecule has 0 aromatic carbocycles. The van der Waals surface area contributed by atoms with Gasteiger partial charge in [0, 0.05) is 10.9 Å². The Kier molecular flexibility index (Phi) is 3.41. The van der Waals surface area contributed by atoms with E-state index in [-0.39, 0.29) is 18.1 Å². The van der Waals surface area contributed by atoms with E-state index in [4.69, 9.17) is 0 Å².